The van der Waals surface area contributed by atoms with Crippen molar-refractivity contribution in [2.24, 2.45) is 0 Å². The van der Waals surface area contributed by atoms with E-state index in [0.29, 0.717) is 22.6 Å². The average molecular weight is 336 g/mol. The van der Waals surface area contributed by atoms with Gasteiger partial charge < -0.3 is 10.1 Å². The van der Waals surface area contributed by atoms with E-state index in [0.717, 1.165) is 0 Å². The van der Waals surface area contributed by atoms with Crippen LogP contribution in [0.1, 0.15) is 13.8 Å². The van der Waals surface area contributed by atoms with Gasteiger partial charge in [0.1, 0.15) is 11.4 Å². The zero-order valence-corrected chi connectivity index (χ0v) is 13.0. The highest BCUT2D eigenvalue weighted by Gasteiger charge is 2.29. The molecule has 0 heterocycles. The lowest BCUT2D eigenvalue weighted by Gasteiger charge is -2.19. The lowest BCUT2D eigenvalue weighted by atomic mass is 9.95. The van der Waals surface area contributed by atoms with Crippen molar-refractivity contribution in [3.8, 4) is 5.75 Å². The quantitative estimate of drug-likeness (QED) is 0.862. The van der Waals surface area contributed by atoms with Gasteiger partial charge in [-0.05, 0) is 41.9 Å². The molecule has 0 unspecified atom stereocenters. The first kappa shape index (κ1) is 14.5. The number of benzene rings is 1. The lowest BCUT2D eigenvalue weighted by Crippen LogP contribution is -2.23. The van der Waals surface area contributed by atoms with Crippen molar-refractivity contribution in [2.75, 3.05) is 12.4 Å². The van der Waals surface area contributed by atoms with Gasteiger partial charge in [-0.2, -0.15) is 0 Å². The van der Waals surface area contributed by atoms with Crippen LogP contribution in [0.25, 0.3) is 0 Å². The Balaban J connectivity index is 2.37. The first-order valence-electron chi connectivity index (χ1n) is 6.03. The van der Waals surface area contributed by atoms with Crippen LogP contribution in [0.3, 0.4) is 0 Å². The summed E-state index contributed by atoms with van der Waals surface area (Å²) in [6.07, 6.45) is 0. The molecule has 0 aliphatic heterocycles. The Kier molecular flexibility index (Phi) is 4.09. The topological polar surface area (TPSA) is 55.4 Å². The summed E-state index contributed by atoms with van der Waals surface area (Å²) < 4.78 is 5.39. The van der Waals surface area contributed by atoms with E-state index in [1.54, 1.807) is 45.2 Å². The number of nitrogens with one attached hydrogen (secondary N) is 1. The van der Waals surface area contributed by atoms with E-state index in [2.05, 4.69) is 21.2 Å². The maximum absolute atomic E-state index is 12.3. The smallest absolute Gasteiger partial charge is 0.206 e. The number of allylic oxidation sites excluding steroid dienone is 3. The molecular weight excluding hydrogens is 322 g/mol. The molecule has 0 radical (unpaired) electrons. The van der Waals surface area contributed by atoms with Crippen LogP contribution in [-0.4, -0.2) is 18.7 Å². The number of Topliss-reactive ketones (excluding diaryl/α,β-unsaturated/α-hetero) is 2. The van der Waals surface area contributed by atoms with Crippen molar-refractivity contribution in [1.82, 2.24) is 0 Å². The van der Waals surface area contributed by atoms with Crippen molar-refractivity contribution in [3.05, 3.63) is 45.6 Å². The Bertz CT molecular complexity index is 659. The van der Waals surface area contributed by atoms with Crippen LogP contribution in [-0.2, 0) is 9.59 Å². The number of methoxy groups -OCH3 is 1. The van der Waals surface area contributed by atoms with Crippen LogP contribution in [0.4, 0.5) is 5.69 Å². The molecule has 0 spiro atoms. The van der Waals surface area contributed by atoms with Gasteiger partial charge in [-0.3, -0.25) is 9.59 Å². The van der Waals surface area contributed by atoms with E-state index in [9.17, 15) is 9.59 Å². The van der Waals surface area contributed by atoms with Crippen molar-refractivity contribution < 1.29 is 14.3 Å². The molecule has 0 saturated heterocycles. The molecule has 0 atom stereocenters. The molecule has 5 heteroatoms. The number of hydrogen-bond donors (Lipinski definition) is 1. The molecule has 1 aliphatic rings. The number of ketones is 2. The van der Waals surface area contributed by atoms with Crippen molar-refractivity contribution in [2.45, 2.75) is 13.8 Å². The van der Waals surface area contributed by atoms with Crippen molar-refractivity contribution in [1.29, 1.82) is 0 Å². The Morgan fingerprint density at radius 2 is 1.75 bits per heavy atom. The molecule has 1 aliphatic carbocycles. The summed E-state index contributed by atoms with van der Waals surface area (Å²) in [6, 6.07) is 7.16. The second-order valence-corrected chi connectivity index (χ2v) is 5.25. The normalized spacial score (nSPS) is 15.8. The van der Waals surface area contributed by atoms with Gasteiger partial charge in [-0.1, -0.05) is 6.07 Å². The molecule has 0 bridgehead atoms. The number of rotatable bonds is 3. The molecule has 1 N–H and O–H groups in total. The minimum atomic E-state index is -0.184. The first-order valence-corrected chi connectivity index (χ1v) is 6.82. The number of anilines is 1. The highest BCUT2D eigenvalue weighted by atomic mass is 79.9. The lowest BCUT2D eigenvalue weighted by molar-refractivity contribution is -0.115. The maximum Gasteiger partial charge on any atom is 0.206 e. The van der Waals surface area contributed by atoms with Gasteiger partial charge in [0, 0.05) is 22.9 Å². The van der Waals surface area contributed by atoms with Gasteiger partial charge in [0.25, 0.3) is 0 Å². The van der Waals surface area contributed by atoms with Crippen LogP contribution in [0.2, 0.25) is 0 Å². The number of ether oxygens (including phenoxy) is 1. The zero-order chi connectivity index (χ0) is 14.9. The minimum absolute atomic E-state index is 0.174. The van der Waals surface area contributed by atoms with E-state index >= 15 is 0 Å². The van der Waals surface area contributed by atoms with Crippen LogP contribution < -0.4 is 10.1 Å². The van der Waals surface area contributed by atoms with Crippen LogP contribution >= 0.6 is 15.9 Å². The highest BCUT2D eigenvalue weighted by Crippen LogP contribution is 2.29. The van der Waals surface area contributed by atoms with Crippen molar-refractivity contribution >= 4 is 33.2 Å². The molecule has 2 rings (SSSR count). The molecular formula is C15H14BrNO3. The van der Waals surface area contributed by atoms with E-state index < -0.39 is 0 Å². The third-order valence-corrected chi connectivity index (χ3v) is 3.99. The third kappa shape index (κ3) is 2.54. The number of hydrogen-bond acceptors (Lipinski definition) is 4. The van der Waals surface area contributed by atoms with Gasteiger partial charge in [0.2, 0.25) is 5.78 Å². The van der Waals surface area contributed by atoms with Gasteiger partial charge in [-0.15, -0.1) is 0 Å². The Hall–Kier alpha value is -1.88. The van der Waals surface area contributed by atoms with Gasteiger partial charge in [0.05, 0.1) is 11.6 Å². The van der Waals surface area contributed by atoms with Gasteiger partial charge in [0.15, 0.2) is 5.78 Å². The Labute approximate surface area is 125 Å². The largest absolute Gasteiger partial charge is 0.497 e. The van der Waals surface area contributed by atoms with Gasteiger partial charge >= 0.3 is 0 Å². The number of halogens is 1. The molecule has 0 amide bonds. The molecule has 4 nitrogen and oxygen atoms in total. The summed E-state index contributed by atoms with van der Waals surface area (Å²) in [5, 5.41) is 2.98. The second kappa shape index (κ2) is 5.63. The molecule has 0 aromatic heterocycles. The summed E-state index contributed by atoms with van der Waals surface area (Å²) in [4.78, 5) is 24.3. The fourth-order valence-electron chi connectivity index (χ4n) is 1.86. The molecule has 1 aromatic carbocycles. The molecule has 0 saturated carbocycles. The van der Waals surface area contributed by atoms with E-state index in [-0.39, 0.29) is 21.7 Å². The minimum Gasteiger partial charge on any atom is -0.497 e. The number of carbonyl (C=O) groups excluding carboxylic acids is 2. The Morgan fingerprint density at radius 1 is 1.10 bits per heavy atom. The van der Waals surface area contributed by atoms with Crippen LogP contribution in [0, 0.1) is 0 Å². The van der Waals surface area contributed by atoms with Gasteiger partial charge in [-0.25, -0.2) is 0 Å². The maximum atomic E-state index is 12.3. The molecule has 104 valence electrons. The van der Waals surface area contributed by atoms with E-state index in [1.807, 2.05) is 0 Å². The highest BCUT2D eigenvalue weighted by molar-refractivity contribution is 9.12. The predicted octanol–water partition coefficient (Wildman–Crippen LogP) is 3.20. The van der Waals surface area contributed by atoms with Crippen LogP contribution in [0.5, 0.6) is 5.75 Å². The van der Waals surface area contributed by atoms with E-state index in [1.165, 1.54) is 0 Å². The fourth-order valence-corrected chi connectivity index (χ4v) is 2.44. The summed E-state index contributed by atoms with van der Waals surface area (Å²) in [7, 11) is 1.57. The number of carbonyl (C=O) groups is 2. The third-order valence-electron chi connectivity index (χ3n) is 3.23. The van der Waals surface area contributed by atoms with Crippen LogP contribution in [0.15, 0.2) is 45.6 Å². The standard InChI is InChI=1S/C15H14BrNO3/c1-8-9(2)15(19)13(12(16)14(8)18)17-10-5-4-6-11(7-10)20-3/h4-7,17H,1-3H3. The summed E-state index contributed by atoms with van der Waals surface area (Å²) in [5.74, 6) is 0.314. The second-order valence-electron chi connectivity index (χ2n) is 4.45. The first-order chi connectivity index (χ1) is 9.45. The molecule has 1 aromatic rings. The van der Waals surface area contributed by atoms with Crippen molar-refractivity contribution in [3.63, 3.8) is 0 Å². The Morgan fingerprint density at radius 3 is 2.40 bits per heavy atom. The SMILES string of the molecule is COc1cccc(NC2=C(Br)C(=O)C(C)=C(C)C2=O)c1. The predicted molar refractivity (Wildman–Crippen MR) is 81.0 cm³/mol. The summed E-state index contributed by atoms with van der Waals surface area (Å²) >= 11 is 3.20. The summed E-state index contributed by atoms with van der Waals surface area (Å²) in [5.41, 5.74) is 1.87. The molecule has 20 heavy (non-hydrogen) atoms. The average Bonchev–Trinajstić information content (AvgIpc) is 2.48. The van der Waals surface area contributed by atoms with E-state index in [4.69, 9.17) is 4.74 Å². The fraction of sp³-hybridized carbons (Fsp3) is 0.200. The monoisotopic (exact) mass is 335 g/mol. The summed E-state index contributed by atoms with van der Waals surface area (Å²) in [6.45, 7) is 3.31. The zero-order valence-electron chi connectivity index (χ0n) is 11.4. The molecule has 0 fully saturated rings.